The average Bonchev–Trinajstić information content (AvgIpc) is 3.26. The summed E-state index contributed by atoms with van der Waals surface area (Å²) in [6.07, 6.45) is 5.39. The number of nitrogens with one attached hydrogen (secondary N) is 2. The van der Waals surface area contributed by atoms with Crippen LogP contribution in [0.15, 0.2) is 57.6 Å². The molecule has 0 spiro atoms. The van der Waals surface area contributed by atoms with Crippen LogP contribution in [0.25, 0.3) is 0 Å². The average molecular weight is 600 g/mol. The number of benzene rings is 1. The highest BCUT2D eigenvalue weighted by Crippen LogP contribution is 2.31. The van der Waals surface area contributed by atoms with Crippen molar-refractivity contribution < 1.29 is 9.13 Å². The van der Waals surface area contributed by atoms with Crippen molar-refractivity contribution in [1.82, 2.24) is 25.1 Å². The van der Waals surface area contributed by atoms with Gasteiger partial charge in [-0.05, 0) is 56.4 Å². The summed E-state index contributed by atoms with van der Waals surface area (Å²) >= 11 is 6.61. The number of hydrogen-bond acceptors (Lipinski definition) is 9. The maximum Gasteiger partial charge on any atom is 0.183 e. The highest BCUT2D eigenvalue weighted by atomic mass is 35.5. The van der Waals surface area contributed by atoms with E-state index in [1.807, 2.05) is 17.0 Å². The van der Waals surface area contributed by atoms with Gasteiger partial charge in [-0.3, -0.25) is 19.9 Å². The number of aryl methyl sites for hydroxylation is 1. The Morgan fingerprint density at radius 3 is 2.64 bits per heavy atom. The lowest BCUT2D eigenvalue weighted by atomic mass is 10.1. The van der Waals surface area contributed by atoms with Crippen molar-refractivity contribution in [2.45, 2.75) is 19.9 Å². The van der Waals surface area contributed by atoms with Crippen LogP contribution in [0, 0.1) is 6.92 Å². The summed E-state index contributed by atoms with van der Waals surface area (Å²) < 4.78 is 18.8. The Morgan fingerprint density at radius 2 is 1.95 bits per heavy atom. The first-order valence-corrected chi connectivity index (χ1v) is 14.5. The summed E-state index contributed by atoms with van der Waals surface area (Å²) in [6, 6.07) is 8.15. The predicted octanol–water partition coefficient (Wildman–Crippen LogP) is 4.34. The summed E-state index contributed by atoms with van der Waals surface area (Å²) in [5.74, 6) is -0.123. The Hall–Kier alpha value is -3.38. The molecule has 2 aliphatic heterocycles. The van der Waals surface area contributed by atoms with Crippen LogP contribution in [0.1, 0.15) is 23.2 Å². The normalized spacial score (nSPS) is 17.4. The Bertz CT molecular complexity index is 1210. The van der Waals surface area contributed by atoms with E-state index in [0.29, 0.717) is 19.0 Å². The van der Waals surface area contributed by atoms with E-state index in [-0.39, 0.29) is 0 Å². The predicted molar refractivity (Wildman–Crippen MR) is 172 cm³/mol. The van der Waals surface area contributed by atoms with Crippen molar-refractivity contribution in [3.05, 3.63) is 64.3 Å². The first-order valence-electron chi connectivity index (χ1n) is 14.1. The zero-order valence-corrected chi connectivity index (χ0v) is 25.9. The zero-order valence-electron chi connectivity index (χ0n) is 25.1. The van der Waals surface area contributed by atoms with Gasteiger partial charge in [-0.25, -0.2) is 4.39 Å². The minimum Gasteiger partial charge on any atom is -0.380 e. The number of piperazine rings is 1. The summed E-state index contributed by atoms with van der Waals surface area (Å²) in [6.45, 7) is 13.4. The van der Waals surface area contributed by atoms with Crippen LogP contribution in [-0.4, -0.2) is 112 Å². The van der Waals surface area contributed by atoms with Crippen LogP contribution >= 0.6 is 11.6 Å². The first-order chi connectivity index (χ1) is 20.3. The van der Waals surface area contributed by atoms with Gasteiger partial charge in [0, 0.05) is 78.4 Å². The molecule has 12 heteroatoms. The van der Waals surface area contributed by atoms with Crippen LogP contribution in [0.2, 0.25) is 5.02 Å². The second-order valence-corrected chi connectivity index (χ2v) is 10.5. The number of hydrazone groups is 1. The molecule has 0 atom stereocenters. The SMILES string of the molecule is C=N/C=C(/F)C(=NC)N1CCCOCC1.CN/N=C/c1cc(Nc2c(C)cc(CN3CCN(C)CC3)cc2Cl)ccn1. The number of hydrogen-bond donors (Lipinski definition) is 2. The number of rotatable bonds is 8. The van der Waals surface area contributed by atoms with Gasteiger partial charge >= 0.3 is 0 Å². The number of amidine groups is 1. The van der Waals surface area contributed by atoms with E-state index in [1.54, 1.807) is 26.5 Å². The van der Waals surface area contributed by atoms with Crippen molar-refractivity contribution in [1.29, 1.82) is 0 Å². The topological polar surface area (TPSA) is 93.0 Å². The number of anilines is 2. The van der Waals surface area contributed by atoms with E-state index in [4.69, 9.17) is 16.3 Å². The Kier molecular flexibility index (Phi) is 13.8. The summed E-state index contributed by atoms with van der Waals surface area (Å²) in [5.41, 5.74) is 7.75. The second-order valence-electron chi connectivity index (χ2n) is 10.1. The number of pyridine rings is 1. The molecule has 0 radical (unpaired) electrons. The van der Waals surface area contributed by atoms with Gasteiger partial charge in [-0.1, -0.05) is 17.7 Å². The number of aliphatic imine (C=N–C) groups is 2. The zero-order chi connectivity index (χ0) is 30.3. The lowest BCUT2D eigenvalue weighted by Crippen LogP contribution is -2.43. The molecule has 4 rings (SSSR count). The molecule has 1 aromatic carbocycles. The Balaban J connectivity index is 0.000000274. The fourth-order valence-corrected chi connectivity index (χ4v) is 5.03. The van der Waals surface area contributed by atoms with Crippen LogP contribution in [0.4, 0.5) is 15.8 Å². The molecular weight excluding hydrogens is 557 g/mol. The second kappa shape index (κ2) is 17.5. The smallest absolute Gasteiger partial charge is 0.183 e. The molecule has 10 nitrogen and oxygen atoms in total. The van der Waals surface area contributed by atoms with Crippen LogP contribution < -0.4 is 10.7 Å². The molecule has 0 unspecified atom stereocenters. The maximum atomic E-state index is 13.5. The maximum absolute atomic E-state index is 13.5. The van der Waals surface area contributed by atoms with Crippen molar-refractivity contribution in [3.8, 4) is 0 Å². The molecule has 1 aromatic heterocycles. The fourth-order valence-electron chi connectivity index (χ4n) is 4.70. The molecule has 42 heavy (non-hydrogen) atoms. The van der Waals surface area contributed by atoms with E-state index in [9.17, 15) is 4.39 Å². The molecule has 2 N–H and O–H groups in total. The first kappa shape index (κ1) is 33.1. The number of halogens is 2. The van der Waals surface area contributed by atoms with Crippen molar-refractivity contribution >= 4 is 41.7 Å². The minimum atomic E-state index is -0.450. The molecule has 2 fully saturated rings. The minimum absolute atomic E-state index is 0.327. The van der Waals surface area contributed by atoms with Gasteiger partial charge in [0.1, 0.15) is 0 Å². The molecule has 0 bridgehead atoms. The van der Waals surface area contributed by atoms with E-state index in [2.05, 4.69) is 73.4 Å². The molecule has 0 amide bonds. The number of nitrogens with zero attached hydrogens (tertiary/aromatic N) is 7. The quantitative estimate of drug-likeness (QED) is 0.265. The summed E-state index contributed by atoms with van der Waals surface area (Å²) in [5, 5.41) is 8.16. The molecule has 0 saturated carbocycles. The Labute approximate surface area is 254 Å². The molecule has 0 aliphatic carbocycles. The number of likely N-dealkylation sites (N-methyl/N-ethyl adjacent to an activating group) is 1. The largest absolute Gasteiger partial charge is 0.380 e. The molecule has 2 saturated heterocycles. The van der Waals surface area contributed by atoms with Gasteiger partial charge in [0.15, 0.2) is 11.7 Å². The van der Waals surface area contributed by atoms with Crippen LogP contribution in [0.3, 0.4) is 0 Å². The number of ether oxygens (including phenoxy) is 1. The van der Waals surface area contributed by atoms with Gasteiger partial charge in [0.05, 0.1) is 35.4 Å². The standard InChI is InChI=1S/C20H27ClN6.C10H16FN3O/c1-15-10-16(14-27-8-6-26(3)7-9-27)11-19(21)20(15)25-17-4-5-23-18(12-17)13-24-22-2;1-12-8-9(11)10(13-2)14-4-3-6-15-7-5-14/h4-5,10-13,22H,6-9,14H2,1-3H3,(H,23,25);8H,1,3-7H2,2H3/b24-13+;9-8+,13-10?. The van der Waals surface area contributed by atoms with Crippen molar-refractivity contribution in [2.75, 3.05) is 78.9 Å². The molecule has 2 aromatic rings. The van der Waals surface area contributed by atoms with Gasteiger partial charge in [-0.15, -0.1) is 0 Å². The van der Waals surface area contributed by atoms with Gasteiger partial charge < -0.3 is 25.3 Å². The fraction of sp³-hybridized carbons (Fsp3) is 0.467. The van der Waals surface area contributed by atoms with Crippen molar-refractivity contribution in [2.24, 2.45) is 15.1 Å². The molecule has 228 valence electrons. The van der Waals surface area contributed by atoms with E-state index >= 15 is 0 Å². The van der Waals surface area contributed by atoms with E-state index in [1.165, 1.54) is 5.56 Å². The monoisotopic (exact) mass is 599 g/mol. The van der Waals surface area contributed by atoms with Gasteiger partial charge in [-0.2, -0.15) is 5.10 Å². The van der Waals surface area contributed by atoms with Gasteiger partial charge in [0.25, 0.3) is 0 Å². The molecule has 3 heterocycles. The third-order valence-corrected chi connectivity index (χ3v) is 7.18. The summed E-state index contributed by atoms with van der Waals surface area (Å²) in [4.78, 5) is 18.3. The van der Waals surface area contributed by atoms with Crippen molar-refractivity contribution in [3.63, 3.8) is 0 Å². The third-order valence-electron chi connectivity index (χ3n) is 6.88. The Morgan fingerprint density at radius 1 is 1.17 bits per heavy atom. The van der Waals surface area contributed by atoms with E-state index < -0.39 is 5.83 Å². The molecular formula is C30H43ClFN9O. The third kappa shape index (κ3) is 10.5. The highest BCUT2D eigenvalue weighted by molar-refractivity contribution is 6.33. The number of aromatic nitrogens is 1. The highest BCUT2D eigenvalue weighted by Gasteiger charge is 2.17. The van der Waals surface area contributed by atoms with Crippen LogP contribution in [0.5, 0.6) is 0 Å². The summed E-state index contributed by atoms with van der Waals surface area (Å²) in [7, 11) is 5.50. The molecule has 2 aliphatic rings. The van der Waals surface area contributed by atoms with Crippen LogP contribution in [-0.2, 0) is 11.3 Å². The lowest BCUT2D eigenvalue weighted by molar-refractivity contribution is 0.147. The lowest BCUT2D eigenvalue weighted by Gasteiger charge is -2.32. The van der Waals surface area contributed by atoms with Gasteiger partial charge in [0.2, 0.25) is 0 Å². The van der Waals surface area contributed by atoms with E-state index in [0.717, 1.165) is 86.2 Å².